The summed E-state index contributed by atoms with van der Waals surface area (Å²) < 4.78 is 80.6. The summed E-state index contributed by atoms with van der Waals surface area (Å²) >= 11 is 5.93. The maximum Gasteiger partial charge on any atom is 0.306 e. The number of aromatic hydroxyl groups is 2. The quantitative estimate of drug-likeness (QED) is 0.0309. The van der Waals surface area contributed by atoms with Gasteiger partial charge in [-0.25, -0.2) is 13.2 Å². The molecule has 0 radical (unpaired) electrons. The van der Waals surface area contributed by atoms with Gasteiger partial charge in [0.2, 0.25) is 0 Å². The van der Waals surface area contributed by atoms with E-state index in [4.69, 9.17) is 45.5 Å². The van der Waals surface area contributed by atoms with Gasteiger partial charge in [-0.15, -0.1) is 11.6 Å². The molecule has 0 bridgehead atoms. The second kappa shape index (κ2) is 44.6. The first-order valence-corrected chi connectivity index (χ1v) is 38.4. The van der Waals surface area contributed by atoms with Crippen LogP contribution < -0.4 is 23.7 Å². The van der Waals surface area contributed by atoms with Crippen LogP contribution in [0.25, 0.3) is 33.4 Å². The van der Waals surface area contributed by atoms with Gasteiger partial charge in [-0.3, -0.25) is 19.2 Å². The Labute approximate surface area is 688 Å². The van der Waals surface area contributed by atoms with E-state index in [1.165, 1.54) is 32.4 Å². The number of methoxy groups -OCH3 is 5. The van der Waals surface area contributed by atoms with E-state index in [0.29, 0.717) is 77.4 Å². The largest absolute Gasteiger partial charge is 0.508 e. The normalized spacial score (nSPS) is 12.0. The number of carbonyl (C=O) groups excluding carboxylic acids is 2. The number of hydrogen-bond donors (Lipinski definition) is 4. The lowest BCUT2D eigenvalue weighted by Crippen LogP contribution is -2.14. The van der Waals surface area contributed by atoms with Crippen LogP contribution in [0.15, 0.2) is 206 Å². The summed E-state index contributed by atoms with van der Waals surface area (Å²) in [6, 6.07) is 61.0. The lowest BCUT2D eigenvalue weighted by molar-refractivity contribution is -0.141. The average molecular weight is 1610 g/mol. The number of halogens is 4. The maximum absolute atomic E-state index is 14.7. The molecule has 0 fully saturated rings. The van der Waals surface area contributed by atoms with E-state index in [0.717, 1.165) is 72.3 Å². The lowest BCUT2D eigenvalue weighted by atomic mass is 9.81. The monoisotopic (exact) mass is 1610 g/mol. The van der Waals surface area contributed by atoms with Gasteiger partial charge in [0.15, 0.2) is 0 Å². The number of carboxylic acid groups (broad SMARTS) is 2. The maximum atomic E-state index is 14.7. The molecule has 0 aliphatic heterocycles. The van der Waals surface area contributed by atoms with Crippen molar-refractivity contribution in [3.63, 3.8) is 0 Å². The fraction of sp³-hybridized carbons (Fsp3) is 0.340. The topological polar surface area (TPSA) is 214 Å². The number of alkyl halides is 1. The predicted molar refractivity (Wildman–Crippen MR) is 457 cm³/mol. The Balaban J connectivity index is 0.000000270. The molecule has 10 rings (SSSR count). The molecule has 0 aromatic heterocycles. The summed E-state index contributed by atoms with van der Waals surface area (Å²) in [5, 5.41) is 36.6. The lowest BCUT2D eigenvalue weighted by Gasteiger charge is -2.24. The number of rotatable bonds is 25. The molecule has 116 heavy (non-hydrogen) atoms. The average Bonchev–Trinajstić information content (AvgIpc) is 0.794. The zero-order chi connectivity index (χ0) is 85.1. The Morgan fingerprint density at radius 3 is 0.914 bits per heavy atom. The van der Waals surface area contributed by atoms with Crippen LogP contribution in [0.1, 0.15) is 202 Å². The SMILES string of the molecule is C.COC(=O)C[C@@H](C)c1cccc(O)c1.COC(=O)C[C@H](C)c1cccc(O)c1.COc1ccc(F)c(-c2ccc(CCl)cc2C(C)(C)C)c1.COc1ccc(F)c(-c2ccc(COc3cccc([C@@H](C)CC(=O)O)c3)cc2C(C)(C)C)c1.COc1ccc(F)c(-c2ccc(COc3cccc([C@H](C)CC(=O)O)c3)cc2C(C)(C)C)c1. The van der Waals surface area contributed by atoms with Crippen LogP contribution in [0.5, 0.6) is 40.2 Å². The van der Waals surface area contributed by atoms with Crippen LogP contribution in [-0.4, -0.2) is 79.9 Å². The molecule has 0 spiro atoms. The zero-order valence-electron chi connectivity index (χ0n) is 69.2. The number of phenols is 2. The molecule has 0 saturated heterocycles. The van der Waals surface area contributed by atoms with Gasteiger partial charge in [0.05, 0.1) is 61.2 Å². The summed E-state index contributed by atoms with van der Waals surface area (Å²) in [5.74, 6) is 1.09. The van der Waals surface area contributed by atoms with Crippen LogP contribution in [0.4, 0.5) is 13.2 Å². The van der Waals surface area contributed by atoms with Crippen molar-refractivity contribution >= 4 is 35.5 Å². The molecular formula is C97H114ClF3O15. The van der Waals surface area contributed by atoms with Gasteiger partial charge in [-0.2, -0.15) is 0 Å². The minimum absolute atomic E-state index is 0. The summed E-state index contributed by atoms with van der Waals surface area (Å²) in [7, 11) is 7.46. The molecule has 10 aromatic rings. The van der Waals surface area contributed by atoms with E-state index in [1.807, 2.05) is 125 Å². The van der Waals surface area contributed by atoms with Gasteiger partial charge in [-0.05, 0) is 215 Å². The zero-order valence-corrected chi connectivity index (χ0v) is 69.9. The minimum Gasteiger partial charge on any atom is -0.508 e. The molecule has 19 heteroatoms. The number of carbonyl (C=O) groups is 4. The molecule has 620 valence electrons. The molecule has 10 aromatic carbocycles. The number of ether oxygens (including phenoxy) is 7. The molecule has 0 unspecified atom stereocenters. The third kappa shape index (κ3) is 29.2. The van der Waals surface area contributed by atoms with E-state index in [1.54, 1.807) is 94.1 Å². The van der Waals surface area contributed by atoms with E-state index in [9.17, 15) is 42.6 Å². The molecular weight excluding hydrogens is 1500 g/mol. The van der Waals surface area contributed by atoms with Crippen molar-refractivity contribution in [2.75, 3.05) is 35.5 Å². The van der Waals surface area contributed by atoms with Gasteiger partial charge in [0.25, 0.3) is 0 Å². The molecule has 15 nitrogen and oxygen atoms in total. The van der Waals surface area contributed by atoms with Crippen molar-refractivity contribution in [3.8, 4) is 73.6 Å². The highest BCUT2D eigenvalue weighted by Gasteiger charge is 2.26. The third-order valence-corrected chi connectivity index (χ3v) is 19.4. The van der Waals surface area contributed by atoms with Crippen molar-refractivity contribution in [3.05, 3.63) is 279 Å². The molecule has 0 amide bonds. The smallest absolute Gasteiger partial charge is 0.306 e. The summed E-state index contributed by atoms with van der Waals surface area (Å²) in [4.78, 5) is 44.0. The van der Waals surface area contributed by atoms with E-state index in [2.05, 4.69) is 90.0 Å². The van der Waals surface area contributed by atoms with E-state index < -0.39 is 11.9 Å². The number of benzene rings is 10. The van der Waals surface area contributed by atoms with E-state index >= 15 is 0 Å². The molecule has 0 aliphatic rings. The van der Waals surface area contributed by atoms with Gasteiger partial charge in [-0.1, -0.05) is 201 Å². The number of esters is 2. The summed E-state index contributed by atoms with van der Waals surface area (Å²) in [6.07, 6.45) is 0.807. The van der Waals surface area contributed by atoms with Crippen LogP contribution in [-0.2, 0) is 64.0 Å². The fourth-order valence-corrected chi connectivity index (χ4v) is 12.8. The highest BCUT2D eigenvalue weighted by atomic mass is 35.5. The Bertz CT molecular complexity index is 4630. The number of phenolic OH excluding ortho intramolecular Hbond substituents is 2. The number of carboxylic acids is 2. The highest BCUT2D eigenvalue weighted by Crippen LogP contribution is 2.41. The van der Waals surface area contributed by atoms with Crippen LogP contribution in [0.2, 0.25) is 0 Å². The summed E-state index contributed by atoms with van der Waals surface area (Å²) in [5.41, 5.74) is 13.4. The first kappa shape index (κ1) is 95.3. The van der Waals surface area contributed by atoms with E-state index in [-0.39, 0.29) is 101 Å². The van der Waals surface area contributed by atoms with Gasteiger partial charge >= 0.3 is 23.9 Å². The second-order valence-electron chi connectivity index (χ2n) is 31.3. The Kier molecular flexibility index (Phi) is 36.6. The molecule has 0 saturated carbocycles. The van der Waals surface area contributed by atoms with Crippen molar-refractivity contribution in [1.29, 1.82) is 0 Å². The molecule has 0 aliphatic carbocycles. The second-order valence-corrected chi connectivity index (χ2v) is 31.6. The van der Waals surface area contributed by atoms with Crippen molar-refractivity contribution < 1.29 is 85.9 Å². The van der Waals surface area contributed by atoms with Crippen LogP contribution >= 0.6 is 11.6 Å². The third-order valence-electron chi connectivity index (χ3n) is 19.1. The van der Waals surface area contributed by atoms with Gasteiger partial charge in [0, 0.05) is 22.6 Å². The number of aliphatic carboxylic acids is 2. The van der Waals surface area contributed by atoms with Gasteiger partial charge in [0.1, 0.15) is 70.9 Å². The predicted octanol–water partition coefficient (Wildman–Crippen LogP) is 24.2. The van der Waals surface area contributed by atoms with Crippen molar-refractivity contribution in [2.24, 2.45) is 0 Å². The standard InChI is InChI=1S/2C28H31FO4.C18H20ClFO.2C11H14O3.CH4/c2*1-18(13-27(30)31)20-7-6-8-22(15-20)33-17-19-9-11-23(25(14-19)28(2,3)4)24-16-21(32-5)10-12-26(24)29;1-18(2,3)16-9-12(11-19)5-7-14(16)15-10-13(21-4)6-8-17(15)20;2*1-8(6-11(13)14-2)9-4-3-5-10(12)7-9;/h2*6-12,14-16,18H,13,17H2,1-5H3,(H,30,31);5-10H,11H2,1-4H3;2*3-5,7-8,12H,6H2,1-2H3;1H4/t2*18-;;2*8-;/m10.10./s1. The Morgan fingerprint density at radius 1 is 0.353 bits per heavy atom. The Hall–Kier alpha value is -11.2. The van der Waals surface area contributed by atoms with Crippen LogP contribution in [0.3, 0.4) is 0 Å². The first-order valence-electron chi connectivity index (χ1n) is 37.9. The summed E-state index contributed by atoms with van der Waals surface area (Å²) in [6.45, 7) is 27.3. The molecule has 4 atom stereocenters. The first-order chi connectivity index (χ1) is 54.3. The molecule has 4 N–H and O–H groups in total. The van der Waals surface area contributed by atoms with Crippen LogP contribution in [0, 0.1) is 17.5 Å². The minimum atomic E-state index is -0.823. The van der Waals surface area contributed by atoms with Gasteiger partial charge < -0.3 is 53.6 Å². The van der Waals surface area contributed by atoms with Crippen molar-refractivity contribution in [1.82, 2.24) is 0 Å². The van der Waals surface area contributed by atoms with Crippen molar-refractivity contribution in [2.45, 2.75) is 182 Å². The Morgan fingerprint density at radius 2 is 0.638 bits per heavy atom. The molecule has 0 heterocycles. The highest BCUT2D eigenvalue weighted by molar-refractivity contribution is 6.17. The fourth-order valence-electron chi connectivity index (χ4n) is 12.6. The number of hydrogen-bond acceptors (Lipinski definition) is 13.